The van der Waals surface area contributed by atoms with Crippen LogP contribution in [0.1, 0.15) is 24.2 Å². The molecule has 0 spiro atoms. The molecule has 3 amide bonds. The van der Waals surface area contributed by atoms with Gasteiger partial charge in [0, 0.05) is 30.8 Å². The van der Waals surface area contributed by atoms with Gasteiger partial charge in [-0.3, -0.25) is 4.79 Å². The van der Waals surface area contributed by atoms with Crippen LogP contribution in [0.25, 0.3) is 0 Å². The second-order valence-electron chi connectivity index (χ2n) is 9.21. The van der Waals surface area contributed by atoms with Crippen molar-refractivity contribution < 1.29 is 28.9 Å². The van der Waals surface area contributed by atoms with Gasteiger partial charge in [0.25, 0.3) is 5.91 Å². The minimum Gasteiger partial charge on any atom is -0.486 e. The summed E-state index contributed by atoms with van der Waals surface area (Å²) in [6.45, 7) is 4.89. The Kier molecular flexibility index (Phi) is 7.32. The number of para-hydroxylation sites is 1. The van der Waals surface area contributed by atoms with Crippen molar-refractivity contribution in [1.29, 1.82) is 0 Å². The third-order valence-electron chi connectivity index (χ3n) is 6.11. The molecule has 0 aromatic heterocycles. The number of benzene rings is 2. The second-order valence-corrected chi connectivity index (χ2v) is 9.21. The van der Waals surface area contributed by atoms with Gasteiger partial charge in [0.05, 0.1) is 23.9 Å². The molecule has 3 atom stereocenters. The second kappa shape index (κ2) is 10.4. The molecule has 2 aliphatic heterocycles. The fourth-order valence-electron chi connectivity index (χ4n) is 4.18. The van der Waals surface area contributed by atoms with Crippen LogP contribution in [0.2, 0.25) is 0 Å². The van der Waals surface area contributed by atoms with Gasteiger partial charge in [-0.05, 0) is 45.3 Å². The van der Waals surface area contributed by atoms with Gasteiger partial charge in [-0.25, -0.2) is 4.79 Å². The number of carbonyl (C=O) groups excluding carboxylic acids is 2. The quantitative estimate of drug-likeness (QED) is 0.578. The van der Waals surface area contributed by atoms with Gasteiger partial charge < -0.3 is 39.8 Å². The van der Waals surface area contributed by atoms with Gasteiger partial charge in [-0.15, -0.1) is 0 Å². The van der Waals surface area contributed by atoms with Crippen LogP contribution in [0.3, 0.4) is 0 Å². The standard InChI is InChI=1S/C25H32N4O6/c1-15-11-29(16(2)13-30)24(31)18-6-5-7-19(23(18)35-22(15)12-28(3)4)27-25(32)26-17-8-9-20-21(10-17)34-14-33-20/h5-10,15-16,22,30H,11-14H2,1-4H3,(H2,26,27,32)/t15-,16+,22+/m0/s1. The highest BCUT2D eigenvalue weighted by Crippen LogP contribution is 2.36. The van der Waals surface area contributed by atoms with E-state index in [1.54, 1.807) is 41.3 Å². The predicted molar refractivity (Wildman–Crippen MR) is 131 cm³/mol. The summed E-state index contributed by atoms with van der Waals surface area (Å²) in [7, 11) is 3.91. The lowest BCUT2D eigenvalue weighted by Gasteiger charge is -2.38. The SMILES string of the molecule is C[C@H](CO)N1C[C@H](C)[C@@H](CN(C)C)Oc2c(NC(=O)Nc3ccc4c(c3)OCO4)cccc2C1=O. The molecular formula is C25H32N4O6. The number of anilines is 2. The van der Waals surface area contributed by atoms with Gasteiger partial charge in [-0.1, -0.05) is 13.0 Å². The molecule has 2 aromatic rings. The molecular weight excluding hydrogens is 452 g/mol. The molecule has 3 N–H and O–H groups in total. The van der Waals surface area contributed by atoms with Gasteiger partial charge in [0.2, 0.25) is 6.79 Å². The van der Waals surface area contributed by atoms with Crippen LogP contribution in [0.15, 0.2) is 36.4 Å². The Morgan fingerprint density at radius 1 is 1.20 bits per heavy atom. The zero-order valence-electron chi connectivity index (χ0n) is 20.4. The number of hydrogen-bond donors (Lipinski definition) is 3. The minimum absolute atomic E-state index is 0.0148. The van der Waals surface area contributed by atoms with Crippen molar-refractivity contribution >= 4 is 23.3 Å². The Morgan fingerprint density at radius 3 is 2.71 bits per heavy atom. The molecule has 0 saturated heterocycles. The van der Waals surface area contributed by atoms with Crippen molar-refractivity contribution in [2.45, 2.75) is 26.0 Å². The first kappa shape index (κ1) is 24.6. The molecule has 4 rings (SSSR count). The van der Waals surface area contributed by atoms with Crippen LogP contribution >= 0.6 is 0 Å². The Balaban J connectivity index is 1.63. The Labute approximate surface area is 204 Å². The number of rotatable bonds is 6. The number of likely N-dealkylation sites (N-methyl/N-ethyl adjacent to an activating group) is 1. The Bertz CT molecular complexity index is 1090. The molecule has 2 aliphatic rings. The molecule has 2 heterocycles. The average molecular weight is 485 g/mol. The number of ether oxygens (including phenoxy) is 3. The van der Waals surface area contributed by atoms with E-state index < -0.39 is 6.03 Å². The van der Waals surface area contributed by atoms with E-state index in [9.17, 15) is 14.7 Å². The highest BCUT2D eigenvalue weighted by Gasteiger charge is 2.34. The monoisotopic (exact) mass is 484 g/mol. The van der Waals surface area contributed by atoms with E-state index in [1.165, 1.54) is 0 Å². The largest absolute Gasteiger partial charge is 0.486 e. The summed E-state index contributed by atoms with van der Waals surface area (Å²) in [5.74, 6) is 1.22. The third kappa shape index (κ3) is 5.44. The molecule has 0 fully saturated rings. The van der Waals surface area contributed by atoms with Crippen molar-refractivity contribution in [2.24, 2.45) is 5.92 Å². The zero-order chi connectivity index (χ0) is 25.1. The zero-order valence-corrected chi connectivity index (χ0v) is 20.4. The summed E-state index contributed by atoms with van der Waals surface area (Å²) in [5.41, 5.74) is 1.25. The van der Waals surface area contributed by atoms with Crippen molar-refractivity contribution in [3.63, 3.8) is 0 Å². The lowest BCUT2D eigenvalue weighted by molar-refractivity contribution is 0.0365. The van der Waals surface area contributed by atoms with E-state index >= 15 is 0 Å². The molecule has 188 valence electrons. The summed E-state index contributed by atoms with van der Waals surface area (Å²) >= 11 is 0. The van der Waals surface area contributed by atoms with E-state index in [0.29, 0.717) is 47.3 Å². The Hall–Kier alpha value is -3.50. The number of aliphatic hydroxyl groups excluding tert-OH is 1. The molecule has 0 saturated carbocycles. The summed E-state index contributed by atoms with van der Waals surface area (Å²) in [6.07, 6.45) is -0.245. The molecule has 0 unspecified atom stereocenters. The molecule has 10 nitrogen and oxygen atoms in total. The van der Waals surface area contributed by atoms with Crippen molar-refractivity contribution in [2.75, 3.05) is 51.2 Å². The number of aliphatic hydroxyl groups is 1. The van der Waals surface area contributed by atoms with E-state index in [1.807, 2.05) is 32.8 Å². The van der Waals surface area contributed by atoms with E-state index in [-0.39, 0.29) is 37.4 Å². The number of nitrogens with one attached hydrogen (secondary N) is 2. The molecule has 0 aliphatic carbocycles. The fourth-order valence-corrected chi connectivity index (χ4v) is 4.18. The minimum atomic E-state index is -0.492. The van der Waals surface area contributed by atoms with Crippen molar-refractivity contribution in [3.05, 3.63) is 42.0 Å². The van der Waals surface area contributed by atoms with Gasteiger partial charge in [0.15, 0.2) is 17.2 Å². The predicted octanol–water partition coefficient (Wildman–Crippen LogP) is 2.84. The highest BCUT2D eigenvalue weighted by atomic mass is 16.7. The first-order valence-corrected chi connectivity index (χ1v) is 11.6. The molecule has 0 bridgehead atoms. The lowest BCUT2D eigenvalue weighted by Crippen LogP contribution is -2.49. The summed E-state index contributed by atoms with van der Waals surface area (Å²) in [5, 5.41) is 15.4. The van der Waals surface area contributed by atoms with Crippen LogP contribution in [0.5, 0.6) is 17.2 Å². The first-order chi connectivity index (χ1) is 16.8. The van der Waals surface area contributed by atoms with E-state index in [2.05, 4.69) is 10.6 Å². The molecule has 0 radical (unpaired) electrons. The van der Waals surface area contributed by atoms with Gasteiger partial charge in [-0.2, -0.15) is 0 Å². The third-order valence-corrected chi connectivity index (χ3v) is 6.11. The molecule has 2 aromatic carbocycles. The van der Waals surface area contributed by atoms with Crippen LogP contribution in [0.4, 0.5) is 16.2 Å². The number of fused-ring (bicyclic) bond motifs is 2. The Morgan fingerprint density at radius 2 is 1.97 bits per heavy atom. The van der Waals surface area contributed by atoms with E-state index in [0.717, 1.165) is 0 Å². The van der Waals surface area contributed by atoms with Crippen LogP contribution < -0.4 is 24.8 Å². The summed E-state index contributed by atoms with van der Waals surface area (Å²) in [4.78, 5) is 30.0. The van der Waals surface area contributed by atoms with Gasteiger partial charge in [0.1, 0.15) is 6.10 Å². The molecule has 35 heavy (non-hydrogen) atoms. The number of amides is 3. The van der Waals surface area contributed by atoms with Crippen LogP contribution in [-0.4, -0.2) is 79.6 Å². The summed E-state index contributed by atoms with van der Waals surface area (Å²) in [6, 6.07) is 9.34. The number of carbonyl (C=O) groups is 2. The fraction of sp³-hybridized carbons (Fsp3) is 0.440. The topological polar surface area (TPSA) is 113 Å². The maximum absolute atomic E-state index is 13.5. The average Bonchev–Trinajstić information content (AvgIpc) is 3.29. The smallest absolute Gasteiger partial charge is 0.323 e. The van der Waals surface area contributed by atoms with Crippen LogP contribution in [0, 0.1) is 5.92 Å². The maximum Gasteiger partial charge on any atom is 0.323 e. The summed E-state index contributed by atoms with van der Waals surface area (Å²) < 4.78 is 17.1. The molecule has 10 heteroatoms. The van der Waals surface area contributed by atoms with Gasteiger partial charge >= 0.3 is 6.03 Å². The highest BCUT2D eigenvalue weighted by molar-refractivity contribution is 6.04. The number of hydrogen-bond acceptors (Lipinski definition) is 7. The van der Waals surface area contributed by atoms with Crippen LogP contribution in [-0.2, 0) is 0 Å². The maximum atomic E-state index is 13.5. The van der Waals surface area contributed by atoms with Crippen molar-refractivity contribution in [1.82, 2.24) is 9.80 Å². The number of nitrogens with zero attached hydrogens (tertiary/aromatic N) is 2. The number of urea groups is 1. The van der Waals surface area contributed by atoms with E-state index in [4.69, 9.17) is 14.2 Å². The first-order valence-electron chi connectivity index (χ1n) is 11.6. The van der Waals surface area contributed by atoms with Crippen molar-refractivity contribution in [3.8, 4) is 17.2 Å². The normalized spacial score (nSPS) is 19.9. The lowest BCUT2D eigenvalue weighted by atomic mass is 9.99.